The molecule has 0 spiro atoms. The highest BCUT2D eigenvalue weighted by Crippen LogP contribution is 2.30. The van der Waals surface area contributed by atoms with Crippen LogP contribution in [-0.4, -0.2) is 28.9 Å². The summed E-state index contributed by atoms with van der Waals surface area (Å²) in [5.74, 6) is 0. The van der Waals surface area contributed by atoms with Gasteiger partial charge in [0.15, 0.2) is 0 Å². The van der Waals surface area contributed by atoms with E-state index in [2.05, 4.69) is 9.71 Å². The lowest BCUT2D eigenvalue weighted by Gasteiger charge is -2.22. The number of hydrogen-bond donors (Lipinski definition) is 2. The molecule has 1 aliphatic carbocycles. The van der Waals surface area contributed by atoms with Crippen molar-refractivity contribution in [1.29, 1.82) is 0 Å². The Hall–Kier alpha value is -0.923. The fourth-order valence-electron chi connectivity index (χ4n) is 1.61. The summed E-state index contributed by atoms with van der Waals surface area (Å²) in [6.45, 7) is 2.01. The van der Waals surface area contributed by atoms with Crippen LogP contribution in [0, 0.1) is 0 Å². The van der Waals surface area contributed by atoms with Gasteiger partial charge in [0.25, 0.3) is 0 Å². The Morgan fingerprint density at radius 3 is 2.83 bits per heavy atom. The van der Waals surface area contributed by atoms with Gasteiger partial charge < -0.3 is 5.73 Å². The van der Waals surface area contributed by atoms with E-state index in [0.29, 0.717) is 5.69 Å². The second-order valence-electron chi connectivity index (χ2n) is 5.05. The summed E-state index contributed by atoms with van der Waals surface area (Å²) in [5, 5.41) is -0.625. The molecule has 1 atom stereocenters. The van der Waals surface area contributed by atoms with Gasteiger partial charge in [-0.3, -0.25) is 9.71 Å². The second-order valence-corrected chi connectivity index (χ2v) is 8.79. The first-order chi connectivity index (χ1) is 8.35. The molecule has 7 heteroatoms. The number of nitrogens with zero attached hydrogens (tertiary/aromatic N) is 1. The van der Waals surface area contributed by atoms with Gasteiger partial charge in [-0.2, -0.15) is 0 Å². The molecule has 3 N–H and O–H groups in total. The van der Waals surface area contributed by atoms with E-state index in [1.807, 2.05) is 6.92 Å². The van der Waals surface area contributed by atoms with Crippen LogP contribution >= 0.6 is 0 Å². The van der Waals surface area contributed by atoms with Gasteiger partial charge in [-0.25, -0.2) is 8.42 Å². The van der Waals surface area contributed by atoms with Gasteiger partial charge in [-0.05, 0) is 31.4 Å². The van der Waals surface area contributed by atoms with Crippen LogP contribution in [0.25, 0.3) is 0 Å². The minimum atomic E-state index is -3.22. The van der Waals surface area contributed by atoms with E-state index >= 15 is 0 Å². The number of sulfonamides is 1. The highest BCUT2D eigenvalue weighted by Gasteiger charge is 2.35. The Labute approximate surface area is 111 Å². The molecule has 0 radical (unpaired) electrons. The molecule has 1 saturated carbocycles. The van der Waals surface area contributed by atoms with Crippen LogP contribution in [-0.2, 0) is 15.2 Å². The Balaban J connectivity index is 2.22. The number of nitrogens with one attached hydrogen (secondary N) is 1. The zero-order valence-corrected chi connectivity index (χ0v) is 13.5. The highest BCUT2D eigenvalue weighted by atomic mass is 32.2. The van der Waals surface area contributed by atoms with Gasteiger partial charge in [0.1, 0.15) is 0 Å². The third-order valence-corrected chi connectivity index (χ3v) is 6.39. The van der Waals surface area contributed by atoms with Gasteiger partial charge >= 0.3 is 0 Å². The fourth-order valence-corrected chi connectivity index (χ4v) is 3.27. The van der Waals surface area contributed by atoms with Crippen LogP contribution in [0.5, 0.6) is 0 Å². The lowest BCUT2D eigenvalue weighted by atomic mass is 10.1. The molecule has 1 aliphatic rings. The summed E-state index contributed by atoms with van der Waals surface area (Å²) in [6, 6.07) is 3.41. The quantitative estimate of drug-likeness (QED) is 0.738. The highest BCUT2D eigenvalue weighted by molar-refractivity contribution is 7.93. The van der Waals surface area contributed by atoms with E-state index in [1.165, 1.54) is 0 Å². The summed E-state index contributed by atoms with van der Waals surface area (Å²) in [5.41, 5.74) is 7.48. The molecule has 0 aliphatic heterocycles. The maximum absolute atomic E-state index is 11.8. The number of pyridine rings is 1. The average molecular weight is 285 g/mol. The molecule has 0 aromatic carbocycles. The zero-order chi connectivity index (χ0) is 13.4. The normalized spacial score (nSPS) is 19.4. The van der Waals surface area contributed by atoms with Crippen LogP contribution in [0.4, 0.5) is 5.69 Å². The predicted octanol–water partition coefficient (Wildman–Crippen LogP) is -0.127. The molecule has 100 valence electrons. The number of anilines is 1. The lowest BCUT2D eigenvalue weighted by molar-refractivity contribution is 0.594. The fraction of sp³-hybridized carbons (Fsp3) is 0.545. The molecule has 5 nitrogen and oxygen atoms in total. The first-order valence-corrected chi connectivity index (χ1v) is 8.67. The van der Waals surface area contributed by atoms with Crippen molar-refractivity contribution < 1.29 is 8.42 Å². The molecule has 1 unspecified atom stereocenters. The van der Waals surface area contributed by atoms with Gasteiger partial charge in [0.05, 0.1) is 16.6 Å². The third-order valence-electron chi connectivity index (χ3n) is 3.30. The molecule has 0 saturated heterocycles. The summed E-state index contributed by atoms with van der Waals surface area (Å²) in [6.07, 6.45) is 3.91. The van der Waals surface area contributed by atoms with Crippen LogP contribution in [0.2, 0.25) is 0 Å². The molecular weight excluding hydrogens is 266 g/mol. The summed E-state index contributed by atoms with van der Waals surface area (Å²) < 4.78 is 26.3. The van der Waals surface area contributed by atoms with Gasteiger partial charge in [-0.15, -0.1) is 0 Å². The SMILES string of the molecule is CCC(N)([SiH3])c1cc(NS(=O)(=O)C2CC2)ccn1. The van der Waals surface area contributed by atoms with E-state index in [0.717, 1.165) is 35.2 Å². The summed E-state index contributed by atoms with van der Waals surface area (Å²) in [7, 11) is -2.44. The Morgan fingerprint density at radius 2 is 2.28 bits per heavy atom. The van der Waals surface area contributed by atoms with Crippen molar-refractivity contribution in [2.75, 3.05) is 4.72 Å². The summed E-state index contributed by atoms with van der Waals surface area (Å²) in [4.78, 5) is 4.25. The predicted molar refractivity (Wildman–Crippen MR) is 75.9 cm³/mol. The maximum Gasteiger partial charge on any atom is 0.235 e. The van der Waals surface area contributed by atoms with Crippen LogP contribution < -0.4 is 10.5 Å². The molecule has 1 fully saturated rings. The molecule has 1 heterocycles. The van der Waals surface area contributed by atoms with E-state index in [1.54, 1.807) is 18.3 Å². The smallest absolute Gasteiger partial charge is 0.235 e. The van der Waals surface area contributed by atoms with Gasteiger partial charge in [0, 0.05) is 21.6 Å². The largest absolute Gasteiger partial charge is 0.324 e. The Bertz CT molecular complexity index is 541. The Kier molecular flexibility index (Phi) is 3.48. The van der Waals surface area contributed by atoms with Crippen molar-refractivity contribution in [3.05, 3.63) is 24.0 Å². The minimum Gasteiger partial charge on any atom is -0.324 e. The first kappa shape index (κ1) is 13.5. The van der Waals surface area contributed by atoms with Crippen LogP contribution in [0.3, 0.4) is 0 Å². The molecule has 1 aromatic heterocycles. The van der Waals surface area contributed by atoms with E-state index in [4.69, 9.17) is 5.73 Å². The monoisotopic (exact) mass is 285 g/mol. The number of aromatic nitrogens is 1. The summed E-state index contributed by atoms with van der Waals surface area (Å²) >= 11 is 0. The van der Waals surface area contributed by atoms with Gasteiger partial charge in [0.2, 0.25) is 10.0 Å². The van der Waals surface area contributed by atoms with Crippen LogP contribution in [0.15, 0.2) is 18.3 Å². The van der Waals surface area contributed by atoms with Crippen molar-refractivity contribution in [3.8, 4) is 0 Å². The molecule has 2 rings (SSSR count). The average Bonchev–Trinajstić information content (AvgIpc) is 3.13. The standard InChI is InChI=1S/C11H19N3O2SSi/c1-2-11(12,18)10-7-8(5-6-13-10)14-17(15,16)9-3-4-9/h5-7,9H,2-4,12H2,1,18H3,(H,13,14). The van der Waals surface area contributed by atoms with E-state index in [9.17, 15) is 8.42 Å². The van der Waals surface area contributed by atoms with Crippen molar-refractivity contribution in [2.45, 2.75) is 36.6 Å². The molecular formula is C11H19N3O2SSi. The van der Waals surface area contributed by atoms with Crippen LogP contribution in [0.1, 0.15) is 31.9 Å². The van der Waals surface area contributed by atoms with Crippen molar-refractivity contribution >= 4 is 26.0 Å². The maximum atomic E-state index is 11.8. The number of nitrogens with two attached hydrogens (primary N) is 1. The lowest BCUT2D eigenvalue weighted by Crippen LogP contribution is -2.37. The molecule has 18 heavy (non-hydrogen) atoms. The number of hydrogen-bond acceptors (Lipinski definition) is 4. The molecule has 0 bridgehead atoms. The van der Waals surface area contributed by atoms with Gasteiger partial charge in [-0.1, -0.05) is 6.92 Å². The zero-order valence-electron chi connectivity index (χ0n) is 10.7. The minimum absolute atomic E-state index is 0.223. The van der Waals surface area contributed by atoms with E-state index in [-0.39, 0.29) is 5.25 Å². The van der Waals surface area contributed by atoms with E-state index < -0.39 is 15.2 Å². The second kappa shape index (κ2) is 4.64. The third kappa shape index (κ3) is 2.90. The molecule has 1 aromatic rings. The number of rotatable bonds is 5. The molecule has 0 amide bonds. The Morgan fingerprint density at radius 1 is 1.61 bits per heavy atom. The van der Waals surface area contributed by atoms with Crippen molar-refractivity contribution in [3.63, 3.8) is 0 Å². The van der Waals surface area contributed by atoms with Crippen molar-refractivity contribution in [1.82, 2.24) is 4.98 Å². The van der Waals surface area contributed by atoms with Crippen molar-refractivity contribution in [2.24, 2.45) is 5.73 Å². The topological polar surface area (TPSA) is 85.1 Å². The first-order valence-electron chi connectivity index (χ1n) is 6.12.